The lowest BCUT2D eigenvalue weighted by molar-refractivity contribution is -0.129. The molecule has 4 heteroatoms. The molecule has 0 atom stereocenters. The van der Waals surface area contributed by atoms with E-state index in [1.807, 2.05) is 4.90 Å². The van der Waals surface area contributed by atoms with Gasteiger partial charge in [-0.1, -0.05) is 19.9 Å². The van der Waals surface area contributed by atoms with Crippen LogP contribution in [0, 0.1) is 0 Å². The third-order valence-corrected chi connectivity index (χ3v) is 3.93. The standard InChI is InChI=1S/C16H24N2O2/c1-12(2)15-6-5-14(11-16(15)20-4)18-9-7-17(8-10-18)13(3)19/h5-6,11-12H,7-10H2,1-4H3. The minimum absolute atomic E-state index is 0.164. The zero-order valence-electron chi connectivity index (χ0n) is 12.8. The highest BCUT2D eigenvalue weighted by Gasteiger charge is 2.19. The summed E-state index contributed by atoms with van der Waals surface area (Å²) in [7, 11) is 1.72. The topological polar surface area (TPSA) is 32.8 Å². The van der Waals surface area contributed by atoms with Crippen molar-refractivity contribution < 1.29 is 9.53 Å². The summed E-state index contributed by atoms with van der Waals surface area (Å²) in [6.07, 6.45) is 0. The quantitative estimate of drug-likeness (QED) is 0.850. The van der Waals surface area contributed by atoms with Gasteiger partial charge in [0.25, 0.3) is 0 Å². The Morgan fingerprint density at radius 2 is 1.85 bits per heavy atom. The van der Waals surface area contributed by atoms with Gasteiger partial charge in [0.05, 0.1) is 7.11 Å². The highest BCUT2D eigenvalue weighted by atomic mass is 16.5. The monoisotopic (exact) mass is 276 g/mol. The van der Waals surface area contributed by atoms with E-state index in [0.29, 0.717) is 5.92 Å². The lowest BCUT2D eigenvalue weighted by Crippen LogP contribution is -2.48. The van der Waals surface area contributed by atoms with Gasteiger partial charge in [0, 0.05) is 44.9 Å². The summed E-state index contributed by atoms with van der Waals surface area (Å²) < 4.78 is 5.51. The van der Waals surface area contributed by atoms with Crippen LogP contribution in [0.25, 0.3) is 0 Å². The molecular formula is C16H24N2O2. The molecule has 0 bridgehead atoms. The highest BCUT2D eigenvalue weighted by molar-refractivity contribution is 5.73. The predicted molar refractivity (Wildman–Crippen MR) is 81.6 cm³/mol. The molecule has 0 aromatic heterocycles. The Morgan fingerprint density at radius 1 is 1.20 bits per heavy atom. The van der Waals surface area contributed by atoms with Crippen molar-refractivity contribution in [1.82, 2.24) is 4.90 Å². The number of amides is 1. The second-order valence-corrected chi connectivity index (χ2v) is 5.57. The summed E-state index contributed by atoms with van der Waals surface area (Å²) in [5.41, 5.74) is 2.41. The number of nitrogens with zero attached hydrogens (tertiary/aromatic N) is 2. The summed E-state index contributed by atoms with van der Waals surface area (Å²) in [6, 6.07) is 6.41. The number of carbonyl (C=O) groups excluding carboxylic acids is 1. The van der Waals surface area contributed by atoms with Crippen LogP contribution in [0.4, 0.5) is 5.69 Å². The van der Waals surface area contributed by atoms with E-state index in [9.17, 15) is 4.79 Å². The first-order valence-corrected chi connectivity index (χ1v) is 7.21. The predicted octanol–water partition coefficient (Wildman–Crippen LogP) is 2.49. The molecule has 1 aliphatic rings. The molecule has 4 nitrogen and oxygen atoms in total. The maximum absolute atomic E-state index is 11.3. The second-order valence-electron chi connectivity index (χ2n) is 5.57. The third-order valence-electron chi connectivity index (χ3n) is 3.93. The largest absolute Gasteiger partial charge is 0.496 e. The molecule has 1 saturated heterocycles. The van der Waals surface area contributed by atoms with Crippen LogP contribution in [0.3, 0.4) is 0 Å². The number of hydrogen-bond acceptors (Lipinski definition) is 3. The number of rotatable bonds is 3. The first-order chi connectivity index (χ1) is 9.52. The molecule has 1 aromatic carbocycles. The molecule has 0 saturated carbocycles. The number of benzene rings is 1. The van der Waals surface area contributed by atoms with Gasteiger partial charge >= 0.3 is 0 Å². The zero-order valence-corrected chi connectivity index (χ0v) is 12.8. The average Bonchev–Trinajstić information content (AvgIpc) is 2.46. The number of hydrogen-bond donors (Lipinski definition) is 0. The molecule has 1 aliphatic heterocycles. The molecule has 20 heavy (non-hydrogen) atoms. The van der Waals surface area contributed by atoms with Crippen LogP contribution in [0.15, 0.2) is 18.2 Å². The van der Waals surface area contributed by atoms with E-state index in [-0.39, 0.29) is 5.91 Å². The van der Waals surface area contributed by atoms with Crippen LogP contribution >= 0.6 is 0 Å². The fourth-order valence-corrected chi connectivity index (χ4v) is 2.65. The molecule has 2 rings (SSSR count). The van der Waals surface area contributed by atoms with Crippen molar-refractivity contribution in [1.29, 1.82) is 0 Å². The van der Waals surface area contributed by atoms with Crippen molar-refractivity contribution >= 4 is 11.6 Å². The Hall–Kier alpha value is -1.71. The van der Waals surface area contributed by atoms with E-state index in [1.165, 1.54) is 11.3 Å². The van der Waals surface area contributed by atoms with Crippen LogP contribution < -0.4 is 9.64 Å². The summed E-state index contributed by atoms with van der Waals surface area (Å²) in [5, 5.41) is 0. The summed E-state index contributed by atoms with van der Waals surface area (Å²) in [5.74, 6) is 1.57. The first kappa shape index (κ1) is 14.7. The molecule has 0 N–H and O–H groups in total. The Labute approximate surface area is 121 Å². The van der Waals surface area contributed by atoms with Crippen molar-refractivity contribution in [3.05, 3.63) is 23.8 Å². The van der Waals surface area contributed by atoms with Gasteiger partial charge in [-0.3, -0.25) is 4.79 Å². The van der Waals surface area contributed by atoms with Crippen LogP contribution in [-0.4, -0.2) is 44.1 Å². The van der Waals surface area contributed by atoms with Crippen molar-refractivity contribution in [2.75, 3.05) is 38.2 Å². The van der Waals surface area contributed by atoms with Crippen LogP contribution in [0.1, 0.15) is 32.3 Å². The summed E-state index contributed by atoms with van der Waals surface area (Å²) in [4.78, 5) is 15.6. The molecule has 0 aliphatic carbocycles. The molecule has 0 radical (unpaired) electrons. The van der Waals surface area contributed by atoms with Gasteiger partial charge in [-0.05, 0) is 17.5 Å². The highest BCUT2D eigenvalue weighted by Crippen LogP contribution is 2.31. The molecule has 0 spiro atoms. The van der Waals surface area contributed by atoms with Crippen LogP contribution in [0.2, 0.25) is 0 Å². The lowest BCUT2D eigenvalue weighted by Gasteiger charge is -2.36. The maximum Gasteiger partial charge on any atom is 0.219 e. The van der Waals surface area contributed by atoms with E-state index in [2.05, 4.69) is 36.9 Å². The third kappa shape index (κ3) is 3.06. The van der Waals surface area contributed by atoms with Gasteiger partial charge in [-0.2, -0.15) is 0 Å². The van der Waals surface area contributed by atoms with E-state index >= 15 is 0 Å². The Morgan fingerprint density at radius 3 is 2.35 bits per heavy atom. The maximum atomic E-state index is 11.3. The average molecular weight is 276 g/mol. The summed E-state index contributed by atoms with van der Waals surface area (Å²) >= 11 is 0. The van der Waals surface area contributed by atoms with Crippen LogP contribution in [-0.2, 0) is 4.79 Å². The van der Waals surface area contributed by atoms with Crippen molar-refractivity contribution in [3.63, 3.8) is 0 Å². The number of methoxy groups -OCH3 is 1. The van der Waals surface area contributed by atoms with Crippen molar-refractivity contribution in [2.45, 2.75) is 26.7 Å². The molecule has 1 fully saturated rings. The molecule has 1 aromatic rings. The van der Waals surface area contributed by atoms with Gasteiger partial charge < -0.3 is 14.5 Å². The number of anilines is 1. The van der Waals surface area contributed by atoms with Gasteiger partial charge in [0.15, 0.2) is 0 Å². The van der Waals surface area contributed by atoms with Crippen LogP contribution in [0.5, 0.6) is 5.75 Å². The van der Waals surface area contributed by atoms with Crippen molar-refractivity contribution in [2.24, 2.45) is 0 Å². The number of ether oxygens (including phenoxy) is 1. The molecule has 0 unspecified atom stereocenters. The first-order valence-electron chi connectivity index (χ1n) is 7.21. The van der Waals surface area contributed by atoms with Gasteiger partial charge in [-0.25, -0.2) is 0 Å². The Bertz CT molecular complexity index is 477. The molecular weight excluding hydrogens is 252 g/mol. The molecule has 1 heterocycles. The van der Waals surface area contributed by atoms with Gasteiger partial charge in [0.1, 0.15) is 5.75 Å². The van der Waals surface area contributed by atoms with Gasteiger partial charge in [0.2, 0.25) is 5.91 Å². The lowest BCUT2D eigenvalue weighted by atomic mass is 10.0. The number of piperazine rings is 1. The SMILES string of the molecule is COc1cc(N2CCN(C(C)=O)CC2)ccc1C(C)C. The van der Waals surface area contributed by atoms with Crippen molar-refractivity contribution in [3.8, 4) is 5.75 Å². The van der Waals surface area contributed by atoms with E-state index < -0.39 is 0 Å². The fourth-order valence-electron chi connectivity index (χ4n) is 2.65. The molecule has 1 amide bonds. The zero-order chi connectivity index (χ0) is 14.7. The Kier molecular flexibility index (Phi) is 4.53. The van der Waals surface area contributed by atoms with E-state index in [0.717, 1.165) is 31.9 Å². The molecule has 110 valence electrons. The van der Waals surface area contributed by atoms with Gasteiger partial charge in [-0.15, -0.1) is 0 Å². The minimum Gasteiger partial charge on any atom is -0.496 e. The fraction of sp³-hybridized carbons (Fsp3) is 0.562. The smallest absolute Gasteiger partial charge is 0.219 e. The van der Waals surface area contributed by atoms with E-state index in [1.54, 1.807) is 14.0 Å². The summed E-state index contributed by atoms with van der Waals surface area (Å²) in [6.45, 7) is 9.32. The normalized spacial score (nSPS) is 15.7. The minimum atomic E-state index is 0.164. The number of carbonyl (C=O) groups is 1. The second kappa shape index (κ2) is 6.16. The van der Waals surface area contributed by atoms with E-state index in [4.69, 9.17) is 4.74 Å². The Balaban J connectivity index is 2.12.